The van der Waals surface area contributed by atoms with Crippen molar-refractivity contribution in [2.24, 2.45) is 5.73 Å². The molecule has 0 radical (unpaired) electrons. The van der Waals surface area contributed by atoms with Gasteiger partial charge in [-0.05, 0) is 48.1 Å². The van der Waals surface area contributed by atoms with E-state index in [9.17, 15) is 0 Å². The minimum Gasteiger partial charge on any atom is -0.329 e. The molecule has 0 saturated carbocycles. The second-order valence-corrected chi connectivity index (χ2v) is 6.70. The number of hydrogen-bond donors (Lipinski definition) is 1. The summed E-state index contributed by atoms with van der Waals surface area (Å²) in [6, 6.07) is 11.0. The summed E-state index contributed by atoms with van der Waals surface area (Å²) in [4.78, 5) is 4.04. The Bertz CT molecular complexity index is 578. The molecule has 0 bridgehead atoms. The lowest BCUT2D eigenvalue weighted by Crippen LogP contribution is -2.39. The summed E-state index contributed by atoms with van der Waals surface area (Å²) < 4.78 is 0. The van der Waals surface area contributed by atoms with E-state index < -0.39 is 0 Å². The van der Waals surface area contributed by atoms with Crippen LogP contribution in [0.3, 0.4) is 0 Å². The third kappa shape index (κ3) is 2.51. The molecule has 106 valence electrons. The third-order valence-corrected chi connectivity index (χ3v) is 5.45. The largest absolute Gasteiger partial charge is 0.329 e. The van der Waals surface area contributed by atoms with Crippen molar-refractivity contribution in [3.05, 3.63) is 56.7 Å². The van der Waals surface area contributed by atoms with Gasteiger partial charge >= 0.3 is 0 Å². The normalized spacial score (nSPS) is 20.6. The SMILES string of the molecule is CC1c2ccsc2CCN1C(CN)c1ccc(Cl)cc1. The van der Waals surface area contributed by atoms with E-state index in [1.807, 2.05) is 23.5 Å². The van der Waals surface area contributed by atoms with Gasteiger partial charge in [0.2, 0.25) is 0 Å². The van der Waals surface area contributed by atoms with Gasteiger partial charge in [-0.2, -0.15) is 0 Å². The zero-order valence-corrected chi connectivity index (χ0v) is 13.1. The highest BCUT2D eigenvalue weighted by atomic mass is 35.5. The molecule has 4 heteroatoms. The number of nitrogens with zero attached hydrogens (tertiary/aromatic N) is 1. The summed E-state index contributed by atoms with van der Waals surface area (Å²) in [5, 5.41) is 2.97. The van der Waals surface area contributed by atoms with Gasteiger partial charge in [-0.3, -0.25) is 4.90 Å². The van der Waals surface area contributed by atoms with Crippen LogP contribution < -0.4 is 5.73 Å². The van der Waals surface area contributed by atoms with E-state index in [1.165, 1.54) is 16.0 Å². The number of benzene rings is 1. The van der Waals surface area contributed by atoms with E-state index in [0.29, 0.717) is 12.6 Å². The smallest absolute Gasteiger partial charge is 0.0476 e. The van der Waals surface area contributed by atoms with Crippen molar-refractivity contribution in [1.82, 2.24) is 4.90 Å². The molecule has 0 spiro atoms. The molecule has 2 atom stereocenters. The minimum atomic E-state index is 0.260. The Morgan fingerprint density at radius 3 is 2.80 bits per heavy atom. The van der Waals surface area contributed by atoms with Crippen LogP contribution in [-0.2, 0) is 6.42 Å². The molecule has 20 heavy (non-hydrogen) atoms. The monoisotopic (exact) mass is 306 g/mol. The molecule has 3 rings (SSSR count). The van der Waals surface area contributed by atoms with E-state index in [4.69, 9.17) is 17.3 Å². The first-order chi connectivity index (χ1) is 9.70. The summed E-state index contributed by atoms with van der Waals surface area (Å²) in [5.74, 6) is 0. The molecule has 1 aromatic carbocycles. The van der Waals surface area contributed by atoms with Crippen molar-refractivity contribution in [2.45, 2.75) is 25.4 Å². The Morgan fingerprint density at radius 1 is 1.35 bits per heavy atom. The predicted octanol–water partition coefficient (Wildman–Crippen LogP) is 4.02. The maximum atomic E-state index is 6.06. The number of fused-ring (bicyclic) bond motifs is 1. The van der Waals surface area contributed by atoms with Crippen molar-refractivity contribution in [3.63, 3.8) is 0 Å². The highest BCUT2D eigenvalue weighted by molar-refractivity contribution is 7.10. The highest BCUT2D eigenvalue weighted by Gasteiger charge is 2.30. The van der Waals surface area contributed by atoms with E-state index >= 15 is 0 Å². The molecule has 1 aliphatic rings. The molecule has 1 aromatic heterocycles. The van der Waals surface area contributed by atoms with Crippen molar-refractivity contribution < 1.29 is 0 Å². The van der Waals surface area contributed by atoms with Crippen LogP contribution >= 0.6 is 22.9 Å². The number of halogens is 1. The summed E-state index contributed by atoms with van der Waals surface area (Å²) in [7, 11) is 0. The molecule has 0 amide bonds. The molecular formula is C16H19ClN2S. The van der Waals surface area contributed by atoms with E-state index in [1.54, 1.807) is 0 Å². The van der Waals surface area contributed by atoms with Crippen LogP contribution in [-0.4, -0.2) is 18.0 Å². The van der Waals surface area contributed by atoms with E-state index in [2.05, 4.69) is 35.4 Å². The summed E-state index contributed by atoms with van der Waals surface area (Å²) in [5.41, 5.74) is 8.78. The van der Waals surface area contributed by atoms with Crippen LogP contribution in [0, 0.1) is 0 Å². The highest BCUT2D eigenvalue weighted by Crippen LogP contribution is 2.37. The van der Waals surface area contributed by atoms with Crippen LogP contribution in [0.4, 0.5) is 0 Å². The van der Waals surface area contributed by atoms with Gasteiger partial charge in [0.05, 0.1) is 0 Å². The van der Waals surface area contributed by atoms with Gasteiger partial charge in [-0.25, -0.2) is 0 Å². The topological polar surface area (TPSA) is 29.3 Å². The first-order valence-electron chi connectivity index (χ1n) is 6.98. The van der Waals surface area contributed by atoms with Gasteiger partial charge in [0.25, 0.3) is 0 Å². The van der Waals surface area contributed by atoms with Gasteiger partial charge in [-0.15, -0.1) is 11.3 Å². The van der Waals surface area contributed by atoms with Gasteiger partial charge < -0.3 is 5.73 Å². The summed E-state index contributed by atoms with van der Waals surface area (Å²) in [6.45, 7) is 3.98. The molecule has 0 fully saturated rings. The zero-order chi connectivity index (χ0) is 14.1. The quantitative estimate of drug-likeness (QED) is 0.928. The molecule has 0 aliphatic carbocycles. The lowest BCUT2D eigenvalue weighted by molar-refractivity contribution is 0.139. The molecule has 2 nitrogen and oxygen atoms in total. The Balaban J connectivity index is 1.89. The molecule has 2 heterocycles. The van der Waals surface area contributed by atoms with Crippen molar-refractivity contribution in [2.75, 3.05) is 13.1 Å². The van der Waals surface area contributed by atoms with Crippen molar-refractivity contribution in [1.29, 1.82) is 0 Å². The number of rotatable bonds is 3. The van der Waals surface area contributed by atoms with Crippen LogP contribution in [0.1, 0.15) is 35.0 Å². The maximum absolute atomic E-state index is 6.06. The summed E-state index contributed by atoms with van der Waals surface area (Å²) >= 11 is 7.86. The summed E-state index contributed by atoms with van der Waals surface area (Å²) in [6.07, 6.45) is 1.13. The standard InChI is InChI=1S/C16H19ClN2S/c1-11-14-7-9-20-16(14)6-8-19(11)15(10-18)12-2-4-13(17)5-3-12/h2-5,7,9,11,15H,6,8,10,18H2,1H3. The van der Waals surface area contributed by atoms with E-state index in [0.717, 1.165) is 18.0 Å². The average Bonchev–Trinajstić information content (AvgIpc) is 2.93. The maximum Gasteiger partial charge on any atom is 0.0476 e. The van der Waals surface area contributed by atoms with Crippen LogP contribution in [0.2, 0.25) is 5.02 Å². The van der Waals surface area contributed by atoms with Crippen LogP contribution in [0.15, 0.2) is 35.7 Å². The zero-order valence-electron chi connectivity index (χ0n) is 11.6. The third-order valence-electron chi connectivity index (χ3n) is 4.20. The second-order valence-electron chi connectivity index (χ2n) is 5.27. The number of thiophene rings is 1. The molecule has 2 N–H and O–H groups in total. The predicted molar refractivity (Wildman–Crippen MR) is 86.4 cm³/mol. The Morgan fingerprint density at radius 2 is 2.10 bits per heavy atom. The first kappa shape index (κ1) is 14.1. The van der Waals surface area contributed by atoms with Crippen LogP contribution in [0.5, 0.6) is 0 Å². The van der Waals surface area contributed by atoms with Gasteiger partial charge in [0, 0.05) is 35.1 Å². The average molecular weight is 307 g/mol. The fourth-order valence-electron chi connectivity index (χ4n) is 3.10. The molecule has 1 aliphatic heterocycles. The minimum absolute atomic E-state index is 0.260. The number of nitrogens with two attached hydrogens (primary N) is 1. The van der Waals surface area contributed by atoms with Crippen LogP contribution in [0.25, 0.3) is 0 Å². The van der Waals surface area contributed by atoms with Gasteiger partial charge in [0.15, 0.2) is 0 Å². The van der Waals surface area contributed by atoms with Gasteiger partial charge in [-0.1, -0.05) is 23.7 Å². The van der Waals surface area contributed by atoms with E-state index in [-0.39, 0.29) is 6.04 Å². The van der Waals surface area contributed by atoms with Gasteiger partial charge in [0.1, 0.15) is 0 Å². The fraction of sp³-hybridized carbons (Fsp3) is 0.375. The van der Waals surface area contributed by atoms with Crippen molar-refractivity contribution >= 4 is 22.9 Å². The lowest BCUT2D eigenvalue weighted by Gasteiger charge is -2.39. The second kappa shape index (κ2) is 5.86. The van der Waals surface area contributed by atoms with Crippen molar-refractivity contribution in [3.8, 4) is 0 Å². The fourth-order valence-corrected chi connectivity index (χ4v) is 4.19. The molecule has 2 unspecified atom stereocenters. The first-order valence-corrected chi connectivity index (χ1v) is 8.24. The lowest BCUT2D eigenvalue weighted by atomic mass is 9.96. The Kier molecular flexibility index (Phi) is 4.13. The number of hydrogen-bond acceptors (Lipinski definition) is 3. The molecule has 2 aromatic rings. The molecular weight excluding hydrogens is 288 g/mol. The Labute approximate surface area is 129 Å². The Hall–Kier alpha value is -0.870. The molecule has 0 saturated heterocycles.